The molecule has 2 aromatic rings. The number of carboxylic acids is 1. The van der Waals surface area contributed by atoms with Crippen LogP contribution in [-0.2, 0) is 11.3 Å². The maximum Gasteiger partial charge on any atom is 0.325 e. The van der Waals surface area contributed by atoms with Crippen LogP contribution in [0.2, 0.25) is 0 Å². The smallest absolute Gasteiger partial charge is 0.325 e. The van der Waals surface area contributed by atoms with Crippen LogP contribution in [0.1, 0.15) is 16.1 Å². The molecule has 0 bridgehead atoms. The summed E-state index contributed by atoms with van der Waals surface area (Å²) < 4.78 is 6.22. The first kappa shape index (κ1) is 14.5. The molecule has 0 saturated carbocycles. The molecular weight excluding hydrogens is 276 g/mol. The fraction of sp³-hybridized carbons (Fsp3) is 0.231. The molecule has 0 saturated heterocycles. The lowest BCUT2D eigenvalue weighted by Crippen LogP contribution is -2.13. The first-order chi connectivity index (χ1) is 9.99. The maximum absolute atomic E-state index is 12.0. The minimum absolute atomic E-state index is 0.0460. The van der Waals surface area contributed by atoms with Crippen molar-refractivity contribution in [2.24, 2.45) is 0 Å². The number of ether oxygens (including phenoxy) is 1. The molecule has 0 aliphatic heterocycles. The topological polar surface area (TPSA) is 106 Å². The highest BCUT2D eigenvalue weighted by Gasteiger charge is 2.12. The van der Waals surface area contributed by atoms with E-state index in [9.17, 15) is 9.59 Å². The Kier molecular flexibility index (Phi) is 4.17. The van der Waals surface area contributed by atoms with Crippen molar-refractivity contribution in [3.05, 3.63) is 35.7 Å². The van der Waals surface area contributed by atoms with E-state index >= 15 is 0 Å². The van der Waals surface area contributed by atoms with E-state index in [2.05, 4.69) is 15.6 Å². The summed E-state index contributed by atoms with van der Waals surface area (Å²) in [6.07, 6.45) is 1.28. The van der Waals surface area contributed by atoms with Crippen LogP contribution in [0.3, 0.4) is 0 Å². The Morgan fingerprint density at radius 1 is 1.43 bits per heavy atom. The molecule has 21 heavy (non-hydrogen) atoms. The highest BCUT2D eigenvalue weighted by atomic mass is 16.5. The van der Waals surface area contributed by atoms with E-state index in [-0.39, 0.29) is 12.2 Å². The first-order valence-corrected chi connectivity index (χ1v) is 6.07. The summed E-state index contributed by atoms with van der Waals surface area (Å²) >= 11 is 0. The summed E-state index contributed by atoms with van der Waals surface area (Å²) in [5.74, 6) is -0.797. The SMILES string of the molecule is COc1ccc(NC(=O)c2cn(CC(=O)O)nn2)cc1C. The molecular formula is C13H14N4O4. The van der Waals surface area contributed by atoms with Crippen LogP contribution in [0.15, 0.2) is 24.4 Å². The van der Waals surface area contributed by atoms with Crippen LogP contribution >= 0.6 is 0 Å². The number of carboxylic acid groups (broad SMARTS) is 1. The monoisotopic (exact) mass is 290 g/mol. The number of aryl methyl sites for hydroxylation is 1. The van der Waals surface area contributed by atoms with Crippen molar-refractivity contribution in [2.45, 2.75) is 13.5 Å². The number of hydrogen-bond donors (Lipinski definition) is 2. The number of anilines is 1. The highest BCUT2D eigenvalue weighted by Crippen LogP contribution is 2.21. The Morgan fingerprint density at radius 2 is 2.19 bits per heavy atom. The van der Waals surface area contributed by atoms with Crippen molar-refractivity contribution in [1.29, 1.82) is 0 Å². The second-order valence-electron chi connectivity index (χ2n) is 4.33. The Balaban J connectivity index is 2.09. The van der Waals surface area contributed by atoms with E-state index in [1.54, 1.807) is 25.3 Å². The molecule has 2 N–H and O–H groups in total. The van der Waals surface area contributed by atoms with Gasteiger partial charge in [0.25, 0.3) is 5.91 Å². The third-order valence-corrected chi connectivity index (χ3v) is 2.72. The summed E-state index contributed by atoms with van der Waals surface area (Å²) in [5, 5.41) is 18.5. The minimum atomic E-state index is -1.06. The molecule has 110 valence electrons. The van der Waals surface area contributed by atoms with Gasteiger partial charge in [0.15, 0.2) is 5.69 Å². The van der Waals surface area contributed by atoms with E-state index in [1.165, 1.54) is 6.20 Å². The number of methoxy groups -OCH3 is 1. The Labute approximate surface area is 120 Å². The van der Waals surface area contributed by atoms with Gasteiger partial charge in [0.1, 0.15) is 12.3 Å². The van der Waals surface area contributed by atoms with Crippen LogP contribution in [-0.4, -0.2) is 39.1 Å². The standard InChI is InChI=1S/C13H14N4O4/c1-8-5-9(3-4-11(8)21-2)14-13(20)10-6-17(16-15-10)7-12(18)19/h3-6H,7H2,1-2H3,(H,14,20)(H,18,19). The predicted octanol–water partition coefficient (Wildman–Crippen LogP) is 0.932. The summed E-state index contributed by atoms with van der Waals surface area (Å²) in [6, 6.07) is 5.20. The second-order valence-corrected chi connectivity index (χ2v) is 4.33. The van der Waals surface area contributed by atoms with E-state index in [4.69, 9.17) is 9.84 Å². The molecule has 0 aliphatic carbocycles. The van der Waals surface area contributed by atoms with Gasteiger partial charge in [-0.15, -0.1) is 5.10 Å². The summed E-state index contributed by atoms with van der Waals surface area (Å²) in [7, 11) is 1.57. The molecule has 1 heterocycles. The number of aliphatic carboxylic acids is 1. The quantitative estimate of drug-likeness (QED) is 0.848. The van der Waals surface area contributed by atoms with Gasteiger partial charge in [-0.2, -0.15) is 0 Å². The lowest BCUT2D eigenvalue weighted by atomic mass is 10.2. The normalized spacial score (nSPS) is 10.2. The summed E-state index contributed by atoms with van der Waals surface area (Å²) in [5.41, 5.74) is 1.51. The molecule has 0 aliphatic rings. The Bertz CT molecular complexity index is 681. The van der Waals surface area contributed by atoms with Crippen LogP contribution in [0, 0.1) is 6.92 Å². The molecule has 0 unspecified atom stereocenters. The average molecular weight is 290 g/mol. The molecule has 0 atom stereocenters. The Morgan fingerprint density at radius 3 is 2.81 bits per heavy atom. The third kappa shape index (κ3) is 3.56. The van der Waals surface area contributed by atoms with Crippen LogP contribution in [0.5, 0.6) is 5.75 Å². The number of rotatable bonds is 5. The fourth-order valence-electron chi connectivity index (χ4n) is 1.77. The molecule has 0 radical (unpaired) electrons. The van der Waals surface area contributed by atoms with Gasteiger partial charge in [-0.05, 0) is 30.7 Å². The lowest BCUT2D eigenvalue weighted by molar-refractivity contribution is -0.137. The average Bonchev–Trinajstić information content (AvgIpc) is 2.86. The van der Waals surface area contributed by atoms with E-state index in [1.807, 2.05) is 6.92 Å². The number of carbonyl (C=O) groups excluding carboxylic acids is 1. The zero-order valence-electron chi connectivity index (χ0n) is 11.5. The molecule has 0 fully saturated rings. The zero-order valence-corrected chi connectivity index (χ0v) is 11.5. The number of hydrogen-bond acceptors (Lipinski definition) is 5. The molecule has 8 nitrogen and oxygen atoms in total. The van der Waals surface area contributed by atoms with Crippen molar-refractivity contribution in [2.75, 3.05) is 12.4 Å². The number of benzene rings is 1. The van der Waals surface area contributed by atoms with Crippen LogP contribution in [0.25, 0.3) is 0 Å². The van der Waals surface area contributed by atoms with Crippen molar-refractivity contribution in [3.8, 4) is 5.75 Å². The van der Waals surface area contributed by atoms with E-state index in [0.29, 0.717) is 5.69 Å². The molecule has 8 heteroatoms. The number of nitrogens with one attached hydrogen (secondary N) is 1. The van der Waals surface area contributed by atoms with Gasteiger partial charge in [-0.3, -0.25) is 9.59 Å². The van der Waals surface area contributed by atoms with Gasteiger partial charge in [-0.1, -0.05) is 5.21 Å². The van der Waals surface area contributed by atoms with Crippen molar-refractivity contribution < 1.29 is 19.4 Å². The van der Waals surface area contributed by atoms with Crippen molar-refractivity contribution >= 4 is 17.6 Å². The van der Waals surface area contributed by atoms with Gasteiger partial charge in [-0.25, -0.2) is 4.68 Å². The van der Waals surface area contributed by atoms with Crippen LogP contribution < -0.4 is 10.1 Å². The molecule has 1 amide bonds. The Hall–Kier alpha value is -2.90. The highest BCUT2D eigenvalue weighted by molar-refractivity contribution is 6.02. The van der Waals surface area contributed by atoms with E-state index < -0.39 is 11.9 Å². The molecule has 0 spiro atoms. The van der Waals surface area contributed by atoms with Gasteiger partial charge in [0, 0.05) is 5.69 Å². The first-order valence-electron chi connectivity index (χ1n) is 6.07. The molecule has 1 aromatic heterocycles. The number of nitrogens with zero attached hydrogens (tertiary/aromatic N) is 3. The second kappa shape index (κ2) is 6.04. The van der Waals surface area contributed by atoms with E-state index in [0.717, 1.165) is 16.0 Å². The maximum atomic E-state index is 12.0. The van der Waals surface area contributed by atoms with Crippen molar-refractivity contribution in [3.63, 3.8) is 0 Å². The third-order valence-electron chi connectivity index (χ3n) is 2.72. The number of carbonyl (C=O) groups is 2. The van der Waals surface area contributed by atoms with Gasteiger partial charge < -0.3 is 15.2 Å². The molecule has 2 rings (SSSR count). The fourth-order valence-corrected chi connectivity index (χ4v) is 1.77. The number of amides is 1. The largest absolute Gasteiger partial charge is 0.496 e. The van der Waals surface area contributed by atoms with Crippen molar-refractivity contribution in [1.82, 2.24) is 15.0 Å². The summed E-state index contributed by atoms with van der Waals surface area (Å²) in [4.78, 5) is 22.5. The van der Waals surface area contributed by atoms with Crippen LogP contribution in [0.4, 0.5) is 5.69 Å². The van der Waals surface area contributed by atoms with Gasteiger partial charge >= 0.3 is 5.97 Å². The summed E-state index contributed by atoms with van der Waals surface area (Å²) in [6.45, 7) is 1.51. The minimum Gasteiger partial charge on any atom is -0.496 e. The number of aromatic nitrogens is 3. The van der Waals surface area contributed by atoms with Gasteiger partial charge in [0.05, 0.1) is 13.3 Å². The zero-order chi connectivity index (χ0) is 15.4. The predicted molar refractivity (Wildman–Crippen MR) is 73.3 cm³/mol. The molecule has 1 aromatic carbocycles. The lowest BCUT2D eigenvalue weighted by Gasteiger charge is -2.07. The van der Waals surface area contributed by atoms with Gasteiger partial charge in [0.2, 0.25) is 0 Å².